The molecule has 0 fully saturated rings. The number of halogens is 3. The molecule has 4 nitrogen and oxygen atoms in total. The summed E-state index contributed by atoms with van der Waals surface area (Å²) in [6, 6.07) is 3.24. The average Bonchev–Trinajstić information content (AvgIpc) is 2.38. The fourth-order valence-corrected chi connectivity index (χ4v) is 1.94. The van der Waals surface area contributed by atoms with Gasteiger partial charge in [0.15, 0.2) is 0 Å². The lowest BCUT2D eigenvalue weighted by Gasteiger charge is -2.19. The van der Waals surface area contributed by atoms with Crippen molar-refractivity contribution in [2.24, 2.45) is 0 Å². The summed E-state index contributed by atoms with van der Waals surface area (Å²) in [6.07, 6.45) is -4.52. The lowest BCUT2D eigenvalue weighted by Crippen LogP contribution is -2.36. The van der Waals surface area contributed by atoms with Gasteiger partial charge in [-0.1, -0.05) is 6.07 Å². The maximum absolute atomic E-state index is 13.0. The number of methoxy groups -OCH3 is 1. The summed E-state index contributed by atoms with van der Waals surface area (Å²) >= 11 is 0. The highest BCUT2D eigenvalue weighted by molar-refractivity contribution is 6.00. The van der Waals surface area contributed by atoms with E-state index in [1.807, 2.05) is 0 Å². The van der Waals surface area contributed by atoms with Crippen molar-refractivity contribution in [3.05, 3.63) is 29.3 Å². The molecule has 1 rings (SSSR count). The minimum absolute atomic E-state index is 0.0328. The van der Waals surface area contributed by atoms with E-state index in [1.54, 1.807) is 13.8 Å². The number of benzene rings is 1. The first-order chi connectivity index (χ1) is 9.81. The second kappa shape index (κ2) is 7.31. The second-order valence-electron chi connectivity index (χ2n) is 4.59. The van der Waals surface area contributed by atoms with Gasteiger partial charge in [-0.3, -0.25) is 4.79 Å². The van der Waals surface area contributed by atoms with E-state index >= 15 is 0 Å². The van der Waals surface area contributed by atoms with Gasteiger partial charge in [0.2, 0.25) is 0 Å². The maximum atomic E-state index is 13.0. The summed E-state index contributed by atoms with van der Waals surface area (Å²) < 4.78 is 43.9. The van der Waals surface area contributed by atoms with E-state index in [9.17, 15) is 18.0 Å². The first kappa shape index (κ1) is 17.3. The van der Waals surface area contributed by atoms with Crippen molar-refractivity contribution < 1.29 is 22.7 Å². The number of carbonyl (C=O) groups excluding carboxylic acids is 1. The van der Waals surface area contributed by atoms with Gasteiger partial charge in [-0.15, -0.1) is 0 Å². The molecule has 0 aliphatic heterocycles. The average molecular weight is 304 g/mol. The standard InChI is InChI=1S/C14H19F3N2O2/c1-4-18-12-10(13(20)19-9(2)8-21-3)6-5-7-11(12)14(15,16)17/h5-7,9,18H,4,8H2,1-3H3,(H,19,20). The number of amides is 1. The summed E-state index contributed by atoms with van der Waals surface area (Å²) in [4.78, 5) is 12.1. The summed E-state index contributed by atoms with van der Waals surface area (Å²) in [7, 11) is 1.48. The minimum Gasteiger partial charge on any atom is -0.384 e. The Balaban J connectivity index is 3.14. The van der Waals surface area contributed by atoms with Crippen LogP contribution in [0.15, 0.2) is 18.2 Å². The lowest BCUT2D eigenvalue weighted by atomic mass is 10.1. The molecule has 0 aromatic heterocycles. The summed E-state index contributed by atoms with van der Waals surface area (Å²) in [6.45, 7) is 3.94. The van der Waals surface area contributed by atoms with E-state index in [1.165, 1.54) is 19.2 Å². The normalized spacial score (nSPS) is 12.9. The van der Waals surface area contributed by atoms with Crippen LogP contribution in [0.4, 0.5) is 18.9 Å². The Morgan fingerprint density at radius 1 is 1.38 bits per heavy atom. The highest BCUT2D eigenvalue weighted by Crippen LogP contribution is 2.36. The Kier molecular flexibility index (Phi) is 6.02. The summed E-state index contributed by atoms with van der Waals surface area (Å²) in [5.74, 6) is -0.568. The molecule has 0 bridgehead atoms. The molecule has 1 atom stereocenters. The van der Waals surface area contributed by atoms with Crippen LogP contribution in [-0.2, 0) is 10.9 Å². The number of hydrogen-bond donors (Lipinski definition) is 2. The topological polar surface area (TPSA) is 50.4 Å². The molecule has 1 amide bonds. The van der Waals surface area contributed by atoms with Gasteiger partial charge in [0.05, 0.1) is 23.4 Å². The Morgan fingerprint density at radius 2 is 2.05 bits per heavy atom. The van der Waals surface area contributed by atoms with Gasteiger partial charge in [-0.25, -0.2) is 0 Å². The maximum Gasteiger partial charge on any atom is 0.418 e. The summed E-state index contributed by atoms with van der Waals surface area (Å²) in [5.41, 5.74) is -1.08. The molecular formula is C14H19F3N2O2. The molecule has 118 valence electrons. The third kappa shape index (κ3) is 4.63. The Bertz CT molecular complexity index is 490. The molecule has 1 unspecified atom stereocenters. The molecule has 0 aliphatic rings. The van der Waals surface area contributed by atoms with E-state index in [0.717, 1.165) is 6.07 Å². The third-order valence-electron chi connectivity index (χ3n) is 2.76. The van der Waals surface area contributed by atoms with Crippen molar-refractivity contribution in [3.8, 4) is 0 Å². The third-order valence-corrected chi connectivity index (χ3v) is 2.76. The van der Waals surface area contributed by atoms with E-state index in [2.05, 4.69) is 10.6 Å². The number of alkyl halides is 3. The number of hydrogen-bond acceptors (Lipinski definition) is 3. The van der Waals surface area contributed by atoms with Crippen molar-refractivity contribution in [2.45, 2.75) is 26.1 Å². The van der Waals surface area contributed by atoms with Crippen LogP contribution in [0, 0.1) is 0 Å². The van der Waals surface area contributed by atoms with E-state index in [0.29, 0.717) is 0 Å². The zero-order valence-electron chi connectivity index (χ0n) is 12.2. The van der Waals surface area contributed by atoms with Crippen molar-refractivity contribution in [2.75, 3.05) is 25.6 Å². The lowest BCUT2D eigenvalue weighted by molar-refractivity contribution is -0.137. The molecule has 21 heavy (non-hydrogen) atoms. The molecule has 2 N–H and O–H groups in total. The van der Waals surface area contributed by atoms with Gasteiger partial charge in [-0.05, 0) is 26.0 Å². The monoisotopic (exact) mass is 304 g/mol. The van der Waals surface area contributed by atoms with Gasteiger partial charge >= 0.3 is 6.18 Å². The van der Waals surface area contributed by atoms with Crippen LogP contribution in [0.2, 0.25) is 0 Å². The minimum atomic E-state index is -4.52. The predicted molar refractivity (Wildman–Crippen MR) is 74.4 cm³/mol. The molecular weight excluding hydrogens is 285 g/mol. The predicted octanol–water partition coefficient (Wildman–Crippen LogP) is 2.90. The van der Waals surface area contributed by atoms with Crippen LogP contribution in [0.5, 0.6) is 0 Å². The van der Waals surface area contributed by atoms with Crippen LogP contribution >= 0.6 is 0 Å². The van der Waals surface area contributed by atoms with Gasteiger partial charge < -0.3 is 15.4 Å². The molecule has 0 heterocycles. The fourth-order valence-electron chi connectivity index (χ4n) is 1.94. The number of para-hydroxylation sites is 1. The van der Waals surface area contributed by atoms with Crippen molar-refractivity contribution in [1.82, 2.24) is 5.32 Å². The molecule has 0 radical (unpaired) electrons. The van der Waals surface area contributed by atoms with E-state index in [4.69, 9.17) is 4.74 Å². The smallest absolute Gasteiger partial charge is 0.384 e. The zero-order valence-corrected chi connectivity index (χ0v) is 12.2. The van der Waals surface area contributed by atoms with Crippen LogP contribution < -0.4 is 10.6 Å². The Hall–Kier alpha value is -1.76. The Labute approximate surface area is 121 Å². The number of nitrogens with one attached hydrogen (secondary N) is 2. The zero-order chi connectivity index (χ0) is 16.0. The van der Waals surface area contributed by atoms with Gasteiger partial charge in [0.1, 0.15) is 0 Å². The molecule has 7 heteroatoms. The SMILES string of the molecule is CCNc1c(C(=O)NC(C)COC)cccc1C(F)(F)F. The number of carbonyl (C=O) groups is 1. The van der Waals surface area contributed by atoms with Gasteiger partial charge in [0, 0.05) is 19.7 Å². The first-order valence-corrected chi connectivity index (χ1v) is 6.55. The quantitative estimate of drug-likeness (QED) is 0.849. The highest BCUT2D eigenvalue weighted by atomic mass is 19.4. The summed E-state index contributed by atoms with van der Waals surface area (Å²) in [5, 5.41) is 5.23. The number of ether oxygens (including phenoxy) is 1. The van der Waals surface area contributed by atoms with Crippen molar-refractivity contribution in [1.29, 1.82) is 0 Å². The van der Waals surface area contributed by atoms with Crippen molar-refractivity contribution >= 4 is 11.6 Å². The first-order valence-electron chi connectivity index (χ1n) is 6.55. The van der Waals surface area contributed by atoms with Crippen molar-refractivity contribution in [3.63, 3.8) is 0 Å². The number of anilines is 1. The van der Waals surface area contributed by atoms with E-state index in [-0.39, 0.29) is 30.4 Å². The van der Waals surface area contributed by atoms with Crippen LogP contribution in [0.1, 0.15) is 29.8 Å². The molecule has 1 aromatic rings. The number of rotatable bonds is 6. The van der Waals surface area contributed by atoms with Crippen LogP contribution in [0.3, 0.4) is 0 Å². The highest BCUT2D eigenvalue weighted by Gasteiger charge is 2.35. The van der Waals surface area contributed by atoms with Gasteiger partial charge in [0.25, 0.3) is 5.91 Å². The Morgan fingerprint density at radius 3 is 2.57 bits per heavy atom. The molecule has 1 aromatic carbocycles. The van der Waals surface area contributed by atoms with Gasteiger partial charge in [-0.2, -0.15) is 13.2 Å². The molecule has 0 saturated heterocycles. The molecule has 0 saturated carbocycles. The van der Waals surface area contributed by atoms with Crippen LogP contribution in [0.25, 0.3) is 0 Å². The fraction of sp³-hybridized carbons (Fsp3) is 0.500. The second-order valence-corrected chi connectivity index (χ2v) is 4.59. The van der Waals surface area contributed by atoms with E-state index < -0.39 is 17.6 Å². The van der Waals surface area contributed by atoms with Crippen LogP contribution in [-0.4, -0.2) is 32.2 Å². The molecule has 0 aliphatic carbocycles. The molecule has 0 spiro atoms. The largest absolute Gasteiger partial charge is 0.418 e.